The van der Waals surface area contributed by atoms with Gasteiger partial charge >= 0.3 is 6.09 Å². The van der Waals surface area contributed by atoms with Crippen molar-refractivity contribution in [2.75, 3.05) is 19.5 Å². The molecular weight excluding hydrogens is 480 g/mol. The van der Waals surface area contributed by atoms with E-state index >= 15 is 0 Å². The molecule has 1 aromatic carbocycles. The van der Waals surface area contributed by atoms with Crippen molar-refractivity contribution in [3.05, 3.63) is 63.4 Å². The largest absolute Gasteiger partial charge is 0.497 e. The minimum Gasteiger partial charge on any atom is -0.497 e. The number of thiophene rings is 1. The van der Waals surface area contributed by atoms with E-state index < -0.39 is 6.09 Å². The van der Waals surface area contributed by atoms with Crippen LogP contribution in [0.3, 0.4) is 0 Å². The molecule has 2 heterocycles. The monoisotopic (exact) mass is 510 g/mol. The molecule has 1 aliphatic rings. The van der Waals surface area contributed by atoms with Crippen LogP contribution >= 0.6 is 11.3 Å². The third-order valence-corrected chi connectivity index (χ3v) is 7.06. The number of aldehydes is 1. The first-order valence-electron chi connectivity index (χ1n) is 11.6. The van der Waals surface area contributed by atoms with E-state index in [1.165, 1.54) is 6.26 Å². The van der Waals surface area contributed by atoms with E-state index in [4.69, 9.17) is 14.0 Å². The summed E-state index contributed by atoms with van der Waals surface area (Å²) >= 11 is 1.56. The van der Waals surface area contributed by atoms with Crippen LogP contribution in [-0.4, -0.2) is 37.8 Å². The molecule has 2 aromatic heterocycles. The summed E-state index contributed by atoms with van der Waals surface area (Å²) in [4.78, 5) is 23.2. The summed E-state index contributed by atoms with van der Waals surface area (Å²) in [6.45, 7) is 2.14. The fourth-order valence-corrected chi connectivity index (χ4v) is 5.06. The first kappa shape index (κ1) is 26.8. The smallest absolute Gasteiger partial charge is 0.407 e. The highest BCUT2D eigenvalue weighted by atomic mass is 32.1. The number of hydrogen-bond acceptors (Lipinski definition) is 9. The molecule has 0 aliphatic heterocycles. The van der Waals surface area contributed by atoms with Crippen LogP contribution in [-0.2, 0) is 35.3 Å². The molecule has 3 aromatic rings. The number of nitriles is 1. The molecule has 4 rings (SSSR count). The Morgan fingerprint density at radius 1 is 1.42 bits per heavy atom. The molecular formula is C26H30N4O5S. The minimum atomic E-state index is -0.449. The number of nitrogens with one attached hydrogen (secondary N) is 2. The van der Waals surface area contributed by atoms with Gasteiger partial charge in [0.15, 0.2) is 0 Å². The Balaban J connectivity index is 0.000000253. The predicted molar refractivity (Wildman–Crippen MR) is 136 cm³/mol. The van der Waals surface area contributed by atoms with Gasteiger partial charge in [0.05, 0.1) is 24.9 Å². The van der Waals surface area contributed by atoms with Crippen LogP contribution in [0, 0.1) is 18.3 Å². The van der Waals surface area contributed by atoms with Crippen LogP contribution in [0.5, 0.6) is 5.75 Å². The average Bonchev–Trinajstić information content (AvgIpc) is 3.48. The lowest BCUT2D eigenvalue weighted by Crippen LogP contribution is -2.31. The standard InChI is InChI=1S/C16H18N4O3S.C10H12O2/c1-9-10(8-22-20-9)7-19-16(21)23-11-3-4-12-13(6-17)15(18-2)24-14(12)5-11;1-12-10-6-2-4-9(8-10)5-3-7-11/h8,11,18H,3-5,7H2,1-2H3,(H,19,21);2,4,6-8H,3,5H2,1H3. The van der Waals surface area contributed by atoms with Crippen LogP contribution < -0.4 is 15.4 Å². The van der Waals surface area contributed by atoms with E-state index in [1.807, 2.05) is 38.2 Å². The predicted octanol–water partition coefficient (Wildman–Crippen LogP) is 4.57. The zero-order valence-corrected chi connectivity index (χ0v) is 21.4. The number of amides is 1. The summed E-state index contributed by atoms with van der Waals surface area (Å²) in [6, 6.07) is 10.0. The van der Waals surface area contributed by atoms with E-state index in [2.05, 4.69) is 21.9 Å². The molecule has 0 saturated heterocycles. The first-order chi connectivity index (χ1) is 17.5. The summed E-state index contributed by atoms with van der Waals surface area (Å²) in [6.07, 6.45) is 5.31. The van der Waals surface area contributed by atoms with Gasteiger partial charge in [0.1, 0.15) is 35.5 Å². The van der Waals surface area contributed by atoms with Gasteiger partial charge in [-0.25, -0.2) is 4.79 Å². The van der Waals surface area contributed by atoms with Crippen molar-refractivity contribution in [1.82, 2.24) is 10.5 Å². The van der Waals surface area contributed by atoms with Crippen molar-refractivity contribution in [3.8, 4) is 11.8 Å². The minimum absolute atomic E-state index is 0.170. The van der Waals surface area contributed by atoms with Gasteiger partial charge in [-0.1, -0.05) is 17.3 Å². The Morgan fingerprint density at radius 2 is 2.25 bits per heavy atom. The molecule has 1 amide bonds. The molecule has 2 N–H and O–H groups in total. The second-order valence-corrected chi connectivity index (χ2v) is 9.28. The molecule has 0 bridgehead atoms. The number of ether oxygens (including phenoxy) is 2. The van der Waals surface area contributed by atoms with Gasteiger partial charge in [0.2, 0.25) is 0 Å². The van der Waals surface area contributed by atoms with Crippen LogP contribution in [0.25, 0.3) is 0 Å². The quantitative estimate of drug-likeness (QED) is 0.422. The fraction of sp³-hybridized carbons (Fsp3) is 0.385. The number of aryl methyl sites for hydroxylation is 2. The lowest BCUT2D eigenvalue weighted by atomic mass is 9.94. The van der Waals surface area contributed by atoms with Crippen molar-refractivity contribution < 1.29 is 23.6 Å². The number of alkyl carbamates (subject to hydrolysis) is 1. The van der Waals surface area contributed by atoms with E-state index in [-0.39, 0.29) is 6.10 Å². The Kier molecular flexibility index (Phi) is 9.89. The average molecular weight is 511 g/mol. The van der Waals surface area contributed by atoms with Crippen LogP contribution in [0.2, 0.25) is 0 Å². The molecule has 0 fully saturated rings. The molecule has 0 saturated carbocycles. The molecule has 1 atom stereocenters. The van der Waals surface area contributed by atoms with Crippen LogP contribution in [0.15, 0.2) is 35.1 Å². The van der Waals surface area contributed by atoms with E-state index in [0.717, 1.165) is 69.1 Å². The lowest BCUT2D eigenvalue weighted by molar-refractivity contribution is -0.107. The number of nitrogens with zero attached hydrogens (tertiary/aromatic N) is 2. The summed E-state index contributed by atoms with van der Waals surface area (Å²) in [7, 11) is 3.45. The van der Waals surface area contributed by atoms with Crippen molar-refractivity contribution in [3.63, 3.8) is 0 Å². The number of hydrogen-bond donors (Lipinski definition) is 2. The van der Waals surface area contributed by atoms with Crippen LogP contribution in [0.1, 0.15) is 45.7 Å². The fourth-order valence-electron chi connectivity index (χ4n) is 3.85. The van der Waals surface area contributed by atoms with Gasteiger partial charge in [-0.3, -0.25) is 0 Å². The highest BCUT2D eigenvalue weighted by Crippen LogP contribution is 2.38. The van der Waals surface area contributed by atoms with Crippen LogP contribution in [0.4, 0.5) is 9.80 Å². The maximum Gasteiger partial charge on any atom is 0.407 e. The van der Waals surface area contributed by atoms with Crippen molar-refractivity contribution >= 4 is 28.7 Å². The van der Waals surface area contributed by atoms with Gasteiger partial charge in [-0.2, -0.15) is 5.26 Å². The number of benzene rings is 1. The number of aromatic nitrogens is 1. The second-order valence-electron chi connectivity index (χ2n) is 8.18. The molecule has 1 unspecified atom stereocenters. The highest BCUT2D eigenvalue weighted by molar-refractivity contribution is 7.16. The van der Waals surface area contributed by atoms with E-state index in [0.29, 0.717) is 19.4 Å². The Morgan fingerprint density at radius 3 is 2.92 bits per heavy atom. The van der Waals surface area contributed by atoms with Gasteiger partial charge in [0.25, 0.3) is 0 Å². The highest BCUT2D eigenvalue weighted by Gasteiger charge is 2.27. The van der Waals surface area contributed by atoms with Gasteiger partial charge in [-0.15, -0.1) is 11.3 Å². The van der Waals surface area contributed by atoms with Crippen molar-refractivity contribution in [2.24, 2.45) is 0 Å². The number of anilines is 1. The molecule has 36 heavy (non-hydrogen) atoms. The van der Waals surface area contributed by atoms with Crippen molar-refractivity contribution in [1.29, 1.82) is 5.26 Å². The molecule has 10 heteroatoms. The third kappa shape index (κ3) is 7.09. The zero-order valence-electron chi connectivity index (χ0n) is 20.6. The second kappa shape index (κ2) is 13.3. The zero-order chi connectivity index (χ0) is 25.9. The number of carbonyl (C=O) groups is 2. The van der Waals surface area contributed by atoms with Gasteiger partial charge in [-0.05, 0) is 49.4 Å². The summed E-state index contributed by atoms with van der Waals surface area (Å²) in [5.74, 6) is 0.846. The summed E-state index contributed by atoms with van der Waals surface area (Å²) < 4.78 is 15.4. The van der Waals surface area contributed by atoms with Gasteiger partial charge < -0.3 is 29.4 Å². The molecule has 9 nitrogen and oxygen atoms in total. The summed E-state index contributed by atoms with van der Waals surface area (Å²) in [5, 5.41) is 19.7. The molecule has 190 valence electrons. The number of fused-ring (bicyclic) bond motifs is 1. The Bertz CT molecular complexity index is 1210. The number of rotatable bonds is 8. The topological polar surface area (TPSA) is 126 Å². The normalized spacial score (nSPS) is 13.9. The molecule has 0 radical (unpaired) electrons. The van der Waals surface area contributed by atoms with E-state index in [1.54, 1.807) is 18.4 Å². The maximum absolute atomic E-state index is 12.0. The Labute approximate surface area is 214 Å². The SMILES string of the molecule is CNc1sc2c(c1C#N)CCC(OC(=O)NCc1conc1C)C2.COc1cccc(CCC=O)c1. The maximum atomic E-state index is 12.0. The molecule has 0 spiro atoms. The van der Waals surface area contributed by atoms with Gasteiger partial charge in [0, 0.05) is 30.3 Å². The first-order valence-corrected chi connectivity index (χ1v) is 12.4. The molecule has 1 aliphatic carbocycles. The summed E-state index contributed by atoms with van der Waals surface area (Å²) in [5.41, 5.74) is 4.53. The lowest BCUT2D eigenvalue weighted by Gasteiger charge is -2.22. The third-order valence-electron chi connectivity index (χ3n) is 5.79. The number of methoxy groups -OCH3 is 1. The van der Waals surface area contributed by atoms with Crippen molar-refractivity contribution in [2.45, 2.75) is 51.7 Å². The Hall–Kier alpha value is -3.84. The number of carbonyl (C=O) groups excluding carboxylic acids is 2. The van der Waals surface area contributed by atoms with E-state index in [9.17, 15) is 14.9 Å².